The highest BCUT2D eigenvalue weighted by atomic mass is 16.3. The van der Waals surface area contributed by atoms with Gasteiger partial charge in [0.25, 0.3) is 11.5 Å². The number of nitrogens with zero attached hydrogens (tertiary/aromatic N) is 3. The molecule has 0 bridgehead atoms. The second-order valence-electron chi connectivity index (χ2n) is 12.8. The lowest BCUT2D eigenvalue weighted by atomic mass is 9.65. The Morgan fingerprint density at radius 2 is 1.71 bits per heavy atom. The highest BCUT2D eigenvalue weighted by Crippen LogP contribution is 2.52. The third-order valence-electron chi connectivity index (χ3n) is 10.4. The Hall–Kier alpha value is -2.19. The first-order chi connectivity index (χ1) is 18.4. The molecule has 3 heterocycles. The highest BCUT2D eigenvalue weighted by Gasteiger charge is 2.55. The zero-order valence-electron chi connectivity index (χ0n) is 22.8. The Labute approximate surface area is 225 Å². The molecule has 3 saturated carbocycles. The van der Waals surface area contributed by atoms with Crippen LogP contribution in [-0.2, 0) is 11.3 Å². The highest BCUT2D eigenvalue weighted by molar-refractivity contribution is 5.95. The molecule has 0 aromatic carbocycles. The molecule has 5 aliphatic rings. The van der Waals surface area contributed by atoms with Gasteiger partial charge in [-0.15, -0.1) is 0 Å². The van der Waals surface area contributed by atoms with Gasteiger partial charge in [-0.25, -0.2) is 0 Å². The van der Waals surface area contributed by atoms with Crippen molar-refractivity contribution in [3.8, 4) is 0 Å². The van der Waals surface area contributed by atoms with Gasteiger partial charge in [-0.2, -0.15) is 0 Å². The number of carbonyl (C=O) groups is 2. The molecule has 2 saturated heterocycles. The monoisotopic (exact) mass is 524 g/mol. The summed E-state index contributed by atoms with van der Waals surface area (Å²) in [5.41, 5.74) is -0.0984. The summed E-state index contributed by atoms with van der Waals surface area (Å²) in [6, 6.07) is 1.66. The van der Waals surface area contributed by atoms with Gasteiger partial charge in [0, 0.05) is 63.4 Å². The van der Waals surface area contributed by atoms with Gasteiger partial charge in [0.15, 0.2) is 0 Å². The number of hydrogen-bond donors (Lipinski definition) is 2. The second-order valence-corrected chi connectivity index (χ2v) is 12.8. The molecular weight excluding hydrogens is 480 g/mol. The van der Waals surface area contributed by atoms with Crippen molar-refractivity contribution in [2.75, 3.05) is 39.3 Å². The molecule has 0 radical (unpaired) electrons. The van der Waals surface area contributed by atoms with Crippen molar-refractivity contribution in [2.45, 2.75) is 95.1 Å². The van der Waals surface area contributed by atoms with E-state index in [2.05, 4.69) is 5.32 Å². The van der Waals surface area contributed by atoms with E-state index in [1.165, 1.54) is 19.3 Å². The first-order valence-corrected chi connectivity index (χ1v) is 15.1. The molecule has 208 valence electrons. The molecule has 2 N–H and O–H groups in total. The number of amides is 2. The fourth-order valence-corrected chi connectivity index (χ4v) is 7.52. The van der Waals surface area contributed by atoms with Gasteiger partial charge in [-0.1, -0.05) is 32.1 Å². The number of piperazine rings is 1. The number of likely N-dealkylation sites (tertiary alicyclic amines) is 1. The van der Waals surface area contributed by atoms with Crippen molar-refractivity contribution in [1.82, 2.24) is 19.7 Å². The molecule has 1 aromatic rings. The van der Waals surface area contributed by atoms with Crippen LogP contribution in [0.5, 0.6) is 0 Å². The maximum Gasteiger partial charge on any atom is 0.255 e. The Morgan fingerprint density at radius 3 is 2.37 bits per heavy atom. The molecule has 2 aliphatic heterocycles. The van der Waals surface area contributed by atoms with Gasteiger partial charge < -0.3 is 24.8 Å². The number of carbonyl (C=O) groups excluding carboxylic acids is 2. The van der Waals surface area contributed by atoms with Crippen LogP contribution in [-0.4, -0.2) is 76.2 Å². The SMILES string of the molecule is O=C(CCC1CCC1)N1CCC(O)(Cn2cc(C(=O)N3CCNCC3)c(C3CC3)cc2=O)C2(CCCC2)C1. The summed E-state index contributed by atoms with van der Waals surface area (Å²) in [4.78, 5) is 43.9. The topological polar surface area (TPSA) is 94.9 Å². The van der Waals surface area contributed by atoms with Crippen molar-refractivity contribution in [3.05, 3.63) is 33.7 Å². The van der Waals surface area contributed by atoms with Crippen LogP contribution in [0, 0.1) is 11.3 Å². The molecule has 2 amide bonds. The van der Waals surface area contributed by atoms with E-state index in [0.717, 1.165) is 63.6 Å². The number of hydrogen-bond acceptors (Lipinski definition) is 5. The van der Waals surface area contributed by atoms with Crippen LogP contribution in [0.15, 0.2) is 17.1 Å². The Morgan fingerprint density at radius 1 is 0.974 bits per heavy atom. The van der Waals surface area contributed by atoms with Gasteiger partial charge >= 0.3 is 0 Å². The lowest BCUT2D eigenvalue weighted by Crippen LogP contribution is -2.62. The van der Waals surface area contributed by atoms with Crippen molar-refractivity contribution in [1.29, 1.82) is 0 Å². The van der Waals surface area contributed by atoms with Crippen molar-refractivity contribution in [3.63, 3.8) is 0 Å². The maximum absolute atomic E-state index is 13.6. The molecule has 8 nitrogen and oxygen atoms in total. The third-order valence-corrected chi connectivity index (χ3v) is 10.4. The largest absolute Gasteiger partial charge is 0.387 e. The maximum atomic E-state index is 13.6. The smallest absolute Gasteiger partial charge is 0.255 e. The zero-order chi connectivity index (χ0) is 26.3. The first kappa shape index (κ1) is 26.1. The summed E-state index contributed by atoms with van der Waals surface area (Å²) < 4.78 is 1.61. The molecule has 1 aromatic heterocycles. The standard InChI is InChI=1S/C30H44N4O4/c35-26(9-6-22-4-3-5-22)33-15-12-30(38,29(20-33)10-1-2-11-29)21-34-19-25(24(18-27(34)36)23-7-8-23)28(37)32-16-13-31-14-17-32/h18-19,22-23,31,38H,1-17,20-21H2. The molecule has 6 rings (SSSR count). The lowest BCUT2D eigenvalue weighted by molar-refractivity contribution is -0.160. The average molecular weight is 525 g/mol. The van der Waals surface area contributed by atoms with E-state index < -0.39 is 11.0 Å². The minimum atomic E-state index is -1.07. The Balaban J connectivity index is 1.24. The van der Waals surface area contributed by atoms with Crippen molar-refractivity contribution in [2.24, 2.45) is 11.3 Å². The fraction of sp³-hybridized carbons (Fsp3) is 0.767. The molecule has 1 unspecified atom stereocenters. The van der Waals surface area contributed by atoms with Crippen LogP contribution >= 0.6 is 0 Å². The quantitative estimate of drug-likeness (QED) is 0.572. The van der Waals surface area contributed by atoms with E-state index in [-0.39, 0.29) is 29.8 Å². The molecular formula is C30H44N4O4. The van der Waals surface area contributed by atoms with E-state index in [9.17, 15) is 19.5 Å². The molecule has 38 heavy (non-hydrogen) atoms. The minimum Gasteiger partial charge on any atom is -0.387 e. The van der Waals surface area contributed by atoms with Crippen LogP contribution in [0.4, 0.5) is 0 Å². The van der Waals surface area contributed by atoms with Crippen LogP contribution < -0.4 is 10.9 Å². The summed E-state index contributed by atoms with van der Waals surface area (Å²) in [6.45, 7) is 4.18. The zero-order valence-corrected chi connectivity index (χ0v) is 22.8. The first-order valence-electron chi connectivity index (χ1n) is 15.1. The second kappa shape index (κ2) is 10.4. The van der Waals surface area contributed by atoms with Gasteiger partial charge in [0.1, 0.15) is 0 Å². The van der Waals surface area contributed by atoms with Crippen molar-refractivity contribution >= 4 is 11.8 Å². The molecule has 8 heteroatoms. The van der Waals surface area contributed by atoms with E-state index in [1.54, 1.807) is 16.8 Å². The molecule has 1 atom stereocenters. The number of aromatic nitrogens is 1. The number of rotatable bonds is 7. The minimum absolute atomic E-state index is 0.00315. The number of pyridine rings is 1. The number of nitrogens with one attached hydrogen (secondary N) is 1. The van der Waals surface area contributed by atoms with E-state index >= 15 is 0 Å². The normalized spacial score (nSPS) is 27.5. The van der Waals surface area contributed by atoms with Crippen molar-refractivity contribution < 1.29 is 14.7 Å². The summed E-state index contributed by atoms with van der Waals surface area (Å²) in [5.74, 6) is 1.22. The summed E-state index contributed by atoms with van der Waals surface area (Å²) >= 11 is 0. The van der Waals surface area contributed by atoms with Gasteiger partial charge in [0.05, 0.1) is 17.7 Å². The summed E-state index contributed by atoms with van der Waals surface area (Å²) in [7, 11) is 0. The van der Waals surface area contributed by atoms with Crippen LogP contribution in [0.1, 0.15) is 98.9 Å². The molecule has 3 aliphatic carbocycles. The third kappa shape index (κ3) is 4.94. The van der Waals surface area contributed by atoms with Gasteiger partial charge in [-0.05, 0) is 55.9 Å². The summed E-state index contributed by atoms with van der Waals surface area (Å²) in [5, 5.41) is 15.5. The van der Waals surface area contributed by atoms with Crippen LogP contribution in [0.3, 0.4) is 0 Å². The number of piperidine rings is 1. The molecule has 5 fully saturated rings. The number of aliphatic hydroxyl groups is 1. The van der Waals surface area contributed by atoms with Gasteiger partial charge in [0.2, 0.25) is 5.91 Å². The van der Waals surface area contributed by atoms with E-state index in [1.807, 2.05) is 9.80 Å². The fourth-order valence-electron chi connectivity index (χ4n) is 7.52. The average Bonchev–Trinajstić information content (AvgIpc) is 3.63. The Bertz CT molecular complexity index is 1110. The van der Waals surface area contributed by atoms with Crippen LogP contribution in [0.2, 0.25) is 0 Å². The lowest BCUT2D eigenvalue weighted by Gasteiger charge is -2.52. The Kier molecular flexibility index (Phi) is 7.14. The van der Waals surface area contributed by atoms with Gasteiger partial charge in [-0.3, -0.25) is 14.4 Å². The predicted molar refractivity (Wildman–Crippen MR) is 145 cm³/mol. The predicted octanol–water partition coefficient (Wildman–Crippen LogP) is 2.88. The van der Waals surface area contributed by atoms with Crippen LogP contribution in [0.25, 0.3) is 0 Å². The van der Waals surface area contributed by atoms with E-state index in [4.69, 9.17) is 0 Å². The molecule has 1 spiro atoms. The summed E-state index contributed by atoms with van der Waals surface area (Å²) in [6.07, 6.45) is 13.5. The van der Waals surface area contributed by atoms with E-state index in [0.29, 0.717) is 50.5 Å².